The number of hydrogen-bond acceptors (Lipinski definition) is 2. The molecule has 2 aromatic carbocycles. The van der Waals surface area contributed by atoms with Crippen molar-refractivity contribution in [1.29, 1.82) is 0 Å². The van der Waals surface area contributed by atoms with E-state index in [1.54, 1.807) is 0 Å². The molecule has 0 unspecified atom stereocenters. The molecule has 0 spiro atoms. The Morgan fingerprint density at radius 2 is 1.62 bits per heavy atom. The van der Waals surface area contributed by atoms with Crippen LogP contribution in [0.15, 0.2) is 60.9 Å². The summed E-state index contributed by atoms with van der Waals surface area (Å²) < 4.78 is 2.39. The van der Waals surface area contributed by atoms with Gasteiger partial charge in [0.15, 0.2) is 0 Å². The highest BCUT2D eigenvalue weighted by atomic mass is 15.1. The fourth-order valence-corrected chi connectivity index (χ4v) is 3.56. The van der Waals surface area contributed by atoms with E-state index < -0.39 is 0 Å². The molecule has 0 radical (unpaired) electrons. The number of fused-ring (bicyclic) bond motifs is 1. The summed E-state index contributed by atoms with van der Waals surface area (Å²) in [6.45, 7) is 2.09. The van der Waals surface area contributed by atoms with Gasteiger partial charge in [-0.05, 0) is 43.6 Å². The average Bonchev–Trinajstić information content (AvgIpc) is 3.01. The Morgan fingerprint density at radius 3 is 2.43 bits per heavy atom. The first-order valence-electron chi connectivity index (χ1n) is 7.59. The Bertz CT molecular complexity index is 739. The van der Waals surface area contributed by atoms with Crippen LogP contribution in [-0.2, 0) is 5.54 Å². The van der Waals surface area contributed by atoms with Crippen LogP contribution in [0.3, 0.4) is 0 Å². The fraction of sp³-hybridized carbons (Fsp3) is 0.278. The molecule has 4 rings (SSSR count). The van der Waals surface area contributed by atoms with Crippen LogP contribution in [-0.4, -0.2) is 22.6 Å². The van der Waals surface area contributed by atoms with Gasteiger partial charge >= 0.3 is 0 Å². The van der Waals surface area contributed by atoms with E-state index in [0.717, 1.165) is 31.4 Å². The summed E-state index contributed by atoms with van der Waals surface area (Å²) in [6, 6.07) is 19.3. The van der Waals surface area contributed by atoms with Crippen molar-refractivity contribution in [3.05, 3.63) is 66.5 Å². The van der Waals surface area contributed by atoms with Crippen molar-refractivity contribution in [2.75, 3.05) is 13.1 Å². The summed E-state index contributed by atoms with van der Waals surface area (Å²) >= 11 is 0. The molecule has 106 valence electrons. The van der Waals surface area contributed by atoms with Crippen LogP contribution in [0.1, 0.15) is 18.4 Å². The molecule has 3 nitrogen and oxygen atoms in total. The lowest BCUT2D eigenvalue weighted by Crippen LogP contribution is -2.44. The van der Waals surface area contributed by atoms with E-state index in [0.29, 0.717) is 0 Å². The number of piperidine rings is 1. The summed E-state index contributed by atoms with van der Waals surface area (Å²) in [5, 5.41) is 3.49. The number of imidazole rings is 1. The number of rotatable bonds is 2. The minimum Gasteiger partial charge on any atom is -0.320 e. The van der Waals surface area contributed by atoms with E-state index in [4.69, 9.17) is 0 Å². The molecular weight excluding hydrogens is 258 g/mol. The summed E-state index contributed by atoms with van der Waals surface area (Å²) in [5.41, 5.74) is 3.70. The van der Waals surface area contributed by atoms with Gasteiger partial charge in [-0.3, -0.25) is 0 Å². The van der Waals surface area contributed by atoms with E-state index in [1.165, 1.54) is 11.1 Å². The van der Waals surface area contributed by atoms with Crippen molar-refractivity contribution >= 4 is 11.0 Å². The third-order valence-corrected chi connectivity index (χ3v) is 4.66. The molecule has 1 saturated heterocycles. The molecule has 0 saturated carbocycles. The van der Waals surface area contributed by atoms with E-state index >= 15 is 0 Å². The van der Waals surface area contributed by atoms with Gasteiger partial charge in [-0.2, -0.15) is 0 Å². The number of nitrogens with one attached hydrogen (secondary N) is 1. The molecule has 1 aliphatic rings. The molecule has 2 heterocycles. The minimum atomic E-state index is 0.0165. The molecule has 3 heteroatoms. The maximum absolute atomic E-state index is 4.61. The van der Waals surface area contributed by atoms with Crippen molar-refractivity contribution in [3.63, 3.8) is 0 Å². The second-order valence-corrected chi connectivity index (χ2v) is 5.75. The van der Waals surface area contributed by atoms with E-state index in [-0.39, 0.29) is 5.54 Å². The van der Waals surface area contributed by atoms with Crippen molar-refractivity contribution < 1.29 is 0 Å². The number of para-hydroxylation sites is 2. The van der Waals surface area contributed by atoms with Gasteiger partial charge < -0.3 is 9.88 Å². The van der Waals surface area contributed by atoms with Gasteiger partial charge in [0.1, 0.15) is 0 Å². The first-order valence-corrected chi connectivity index (χ1v) is 7.59. The van der Waals surface area contributed by atoms with Crippen molar-refractivity contribution in [3.8, 4) is 0 Å². The molecule has 1 aliphatic heterocycles. The predicted octanol–water partition coefficient (Wildman–Crippen LogP) is 3.16. The van der Waals surface area contributed by atoms with Gasteiger partial charge in [-0.25, -0.2) is 4.98 Å². The van der Waals surface area contributed by atoms with Crippen molar-refractivity contribution in [2.24, 2.45) is 0 Å². The number of aromatic nitrogens is 2. The van der Waals surface area contributed by atoms with Gasteiger partial charge in [0.2, 0.25) is 0 Å². The maximum atomic E-state index is 4.61. The topological polar surface area (TPSA) is 29.9 Å². The molecular formula is C18H19N3. The van der Waals surface area contributed by atoms with E-state index in [1.807, 2.05) is 6.33 Å². The Labute approximate surface area is 124 Å². The zero-order valence-electron chi connectivity index (χ0n) is 12.0. The predicted molar refractivity (Wildman–Crippen MR) is 85.4 cm³/mol. The van der Waals surface area contributed by atoms with Crippen LogP contribution in [0.2, 0.25) is 0 Å². The zero-order valence-corrected chi connectivity index (χ0v) is 12.0. The van der Waals surface area contributed by atoms with Gasteiger partial charge in [0, 0.05) is 0 Å². The lowest BCUT2D eigenvalue weighted by atomic mass is 9.81. The molecule has 0 aliphatic carbocycles. The molecule has 1 fully saturated rings. The van der Waals surface area contributed by atoms with Crippen molar-refractivity contribution in [1.82, 2.24) is 14.9 Å². The monoisotopic (exact) mass is 277 g/mol. The Balaban J connectivity index is 1.94. The lowest BCUT2D eigenvalue weighted by Gasteiger charge is -2.40. The van der Waals surface area contributed by atoms with Gasteiger partial charge in [0.25, 0.3) is 0 Å². The average molecular weight is 277 g/mol. The van der Waals surface area contributed by atoms with Crippen molar-refractivity contribution in [2.45, 2.75) is 18.4 Å². The first-order chi connectivity index (χ1) is 10.4. The number of nitrogens with zero attached hydrogens (tertiary/aromatic N) is 2. The second kappa shape index (κ2) is 5.01. The Hall–Kier alpha value is -2.13. The normalized spacial score (nSPS) is 17.9. The zero-order chi connectivity index (χ0) is 14.1. The molecule has 0 atom stereocenters. The molecule has 0 amide bonds. The molecule has 0 bridgehead atoms. The van der Waals surface area contributed by atoms with Gasteiger partial charge in [-0.1, -0.05) is 42.5 Å². The lowest BCUT2D eigenvalue weighted by molar-refractivity contribution is 0.265. The van der Waals surface area contributed by atoms with Crippen LogP contribution in [0.5, 0.6) is 0 Å². The summed E-state index contributed by atoms with van der Waals surface area (Å²) in [6.07, 6.45) is 4.21. The third-order valence-electron chi connectivity index (χ3n) is 4.66. The third kappa shape index (κ3) is 1.96. The summed E-state index contributed by atoms with van der Waals surface area (Å²) in [4.78, 5) is 4.61. The molecule has 3 aromatic rings. The first kappa shape index (κ1) is 12.6. The molecule has 1 N–H and O–H groups in total. The van der Waals surface area contributed by atoms with Gasteiger partial charge in [-0.15, -0.1) is 0 Å². The SMILES string of the molecule is c1ccc(C2(n3cnc4ccccc43)CCNCC2)cc1. The molecule has 21 heavy (non-hydrogen) atoms. The Morgan fingerprint density at radius 1 is 0.905 bits per heavy atom. The largest absolute Gasteiger partial charge is 0.320 e. The van der Waals surface area contributed by atoms with Crippen LogP contribution >= 0.6 is 0 Å². The summed E-state index contributed by atoms with van der Waals surface area (Å²) in [5.74, 6) is 0. The highest BCUT2D eigenvalue weighted by Crippen LogP contribution is 2.37. The highest BCUT2D eigenvalue weighted by Gasteiger charge is 2.36. The van der Waals surface area contributed by atoms with Crippen LogP contribution in [0.4, 0.5) is 0 Å². The van der Waals surface area contributed by atoms with Crippen LogP contribution in [0, 0.1) is 0 Å². The van der Waals surface area contributed by atoms with Gasteiger partial charge in [0.05, 0.1) is 22.9 Å². The standard InChI is InChI=1S/C18H19N3/c1-2-6-15(7-3-1)18(10-12-19-13-11-18)21-14-20-16-8-4-5-9-17(16)21/h1-9,14,19H,10-13H2. The smallest absolute Gasteiger partial charge is 0.0966 e. The van der Waals surface area contributed by atoms with Crippen LogP contribution < -0.4 is 5.32 Å². The highest BCUT2D eigenvalue weighted by molar-refractivity contribution is 5.75. The quantitative estimate of drug-likeness (QED) is 0.780. The second-order valence-electron chi connectivity index (χ2n) is 5.75. The minimum absolute atomic E-state index is 0.0165. The Kier molecular flexibility index (Phi) is 3.00. The van der Waals surface area contributed by atoms with E-state index in [2.05, 4.69) is 69.5 Å². The summed E-state index contributed by atoms with van der Waals surface area (Å²) in [7, 11) is 0. The van der Waals surface area contributed by atoms with E-state index in [9.17, 15) is 0 Å². The number of hydrogen-bond donors (Lipinski definition) is 1. The fourth-order valence-electron chi connectivity index (χ4n) is 3.56. The number of benzene rings is 2. The van der Waals surface area contributed by atoms with Crippen LogP contribution in [0.25, 0.3) is 11.0 Å². The molecule has 1 aromatic heterocycles. The maximum Gasteiger partial charge on any atom is 0.0966 e.